The van der Waals surface area contributed by atoms with Gasteiger partial charge in [-0.2, -0.15) is 17.5 Å². The van der Waals surface area contributed by atoms with Crippen molar-refractivity contribution in [1.82, 2.24) is 14.3 Å². The van der Waals surface area contributed by atoms with Crippen LogP contribution in [0.4, 0.5) is 19.1 Å². The minimum Gasteiger partial charge on any atom is -0.376 e. The van der Waals surface area contributed by atoms with Gasteiger partial charge in [-0.3, -0.25) is 0 Å². The minimum atomic E-state index is -4.87. The van der Waals surface area contributed by atoms with Crippen LogP contribution in [-0.2, 0) is 15.6 Å². The predicted octanol–water partition coefficient (Wildman–Crippen LogP) is 2.30. The number of thiocarbonyl (C=S) groups is 1. The van der Waals surface area contributed by atoms with Crippen molar-refractivity contribution in [2.75, 3.05) is 24.5 Å². The maximum atomic E-state index is 13.0. The lowest BCUT2D eigenvalue weighted by Crippen LogP contribution is -2.54. The van der Waals surface area contributed by atoms with Crippen molar-refractivity contribution in [3.05, 3.63) is 41.1 Å². The number of aliphatic hydroxyl groups is 1. The van der Waals surface area contributed by atoms with Crippen molar-refractivity contribution in [3.63, 3.8) is 0 Å². The molecule has 1 aromatic heterocycles. The van der Waals surface area contributed by atoms with E-state index in [1.807, 2.05) is 0 Å². The molecular weight excluding hydrogens is 441 g/mol. The topological polar surface area (TPSA) is 86.6 Å². The Bertz CT molecular complexity index is 989. The van der Waals surface area contributed by atoms with Crippen LogP contribution in [0.2, 0.25) is 0 Å². The maximum Gasteiger partial charge on any atom is 0.421 e. The van der Waals surface area contributed by atoms with Crippen LogP contribution in [0.25, 0.3) is 0 Å². The highest BCUT2D eigenvalue weighted by Crippen LogP contribution is 2.38. The van der Waals surface area contributed by atoms with Crippen LogP contribution in [0.5, 0.6) is 0 Å². The third kappa shape index (κ3) is 4.13. The number of nitrogens with zero attached hydrogens (tertiary/aromatic N) is 4. The second kappa shape index (κ2) is 7.98. The molecule has 30 heavy (non-hydrogen) atoms. The predicted molar refractivity (Wildman–Crippen MR) is 109 cm³/mol. The van der Waals surface area contributed by atoms with Crippen LogP contribution >= 0.6 is 12.2 Å². The number of aromatic nitrogens is 2. The van der Waals surface area contributed by atoms with Crippen molar-refractivity contribution >= 4 is 33.1 Å². The average Bonchev–Trinajstić information content (AvgIpc) is 2.67. The van der Waals surface area contributed by atoms with Gasteiger partial charge in [0.15, 0.2) is 5.60 Å². The molecule has 1 aliphatic carbocycles. The van der Waals surface area contributed by atoms with Gasteiger partial charge < -0.3 is 10.0 Å². The number of allylic oxidation sites excluding steroid dienone is 4. The Hall–Kier alpha value is -1.89. The van der Waals surface area contributed by atoms with E-state index in [4.69, 9.17) is 12.2 Å². The Morgan fingerprint density at radius 2 is 1.87 bits per heavy atom. The van der Waals surface area contributed by atoms with Gasteiger partial charge in [0.25, 0.3) is 0 Å². The highest BCUT2D eigenvalue weighted by molar-refractivity contribution is 7.96. The summed E-state index contributed by atoms with van der Waals surface area (Å²) in [4.78, 5) is 10.1. The number of sulfonamides is 1. The molecule has 0 bridgehead atoms. The molecule has 7 nitrogen and oxygen atoms in total. The zero-order valence-electron chi connectivity index (χ0n) is 16.3. The van der Waals surface area contributed by atoms with E-state index in [0.29, 0.717) is 18.2 Å². The standard InChI is InChI=1S/C18H21F3N4O3S2/c1-12-11-24(30(27,28)15-6-4-3-5-14(15)29)7-8-25(12)16-22-9-13(10-23-16)17(2,26)18(19,20)21/h3-4,6,9-10,12,26H,5,7-8,11H2,1-2H3/t12-,17+/m0/s1. The van der Waals surface area contributed by atoms with Crippen molar-refractivity contribution in [3.8, 4) is 0 Å². The summed E-state index contributed by atoms with van der Waals surface area (Å²) in [5, 5.41) is 9.73. The minimum absolute atomic E-state index is 0.121. The fourth-order valence-electron chi connectivity index (χ4n) is 3.22. The van der Waals surface area contributed by atoms with Crippen molar-refractivity contribution < 1.29 is 26.7 Å². The largest absolute Gasteiger partial charge is 0.421 e. The van der Waals surface area contributed by atoms with Crippen LogP contribution < -0.4 is 4.90 Å². The smallest absolute Gasteiger partial charge is 0.376 e. The Morgan fingerprint density at radius 1 is 1.23 bits per heavy atom. The summed E-state index contributed by atoms with van der Waals surface area (Å²) < 4.78 is 66.2. The fourth-order valence-corrected chi connectivity index (χ4v) is 5.33. The lowest BCUT2D eigenvalue weighted by atomic mass is 9.99. The summed E-state index contributed by atoms with van der Waals surface area (Å²) in [6.45, 7) is 2.97. The second-order valence-corrected chi connectivity index (χ2v) is 9.73. The molecule has 0 radical (unpaired) electrons. The summed E-state index contributed by atoms with van der Waals surface area (Å²) in [5.41, 5.74) is -3.54. The van der Waals surface area contributed by atoms with Gasteiger partial charge in [0.2, 0.25) is 16.0 Å². The fraction of sp³-hybridized carbons (Fsp3) is 0.500. The molecule has 2 heterocycles. The van der Waals surface area contributed by atoms with Crippen LogP contribution in [-0.4, -0.2) is 64.5 Å². The van der Waals surface area contributed by atoms with E-state index in [1.54, 1.807) is 24.0 Å². The molecule has 1 aliphatic heterocycles. The third-order valence-electron chi connectivity index (χ3n) is 5.18. The molecule has 2 atom stereocenters. The Balaban J connectivity index is 1.75. The average molecular weight is 463 g/mol. The molecule has 2 aliphatic rings. The number of hydrogen-bond acceptors (Lipinski definition) is 7. The first-order chi connectivity index (χ1) is 13.9. The maximum absolute atomic E-state index is 13.0. The van der Waals surface area contributed by atoms with E-state index in [1.165, 1.54) is 10.4 Å². The quantitative estimate of drug-likeness (QED) is 0.687. The molecule has 0 saturated carbocycles. The molecule has 164 valence electrons. The first-order valence-corrected chi connectivity index (χ1v) is 11.0. The normalized spacial score (nSPS) is 23.3. The van der Waals surface area contributed by atoms with Crippen molar-refractivity contribution in [2.45, 2.75) is 38.1 Å². The number of piperazine rings is 1. The van der Waals surface area contributed by atoms with Gasteiger partial charge in [-0.1, -0.05) is 24.4 Å². The molecule has 3 rings (SSSR count). The zero-order valence-corrected chi connectivity index (χ0v) is 17.9. The number of halogens is 3. The molecule has 12 heteroatoms. The van der Waals surface area contributed by atoms with E-state index in [-0.39, 0.29) is 36.5 Å². The lowest BCUT2D eigenvalue weighted by molar-refractivity contribution is -0.259. The Labute approximate surface area is 178 Å². The van der Waals surface area contributed by atoms with E-state index < -0.39 is 27.4 Å². The van der Waals surface area contributed by atoms with Gasteiger partial charge in [0, 0.05) is 54.9 Å². The van der Waals surface area contributed by atoms with Gasteiger partial charge in [-0.05, 0) is 19.9 Å². The molecular formula is C18H21F3N4O3S2. The van der Waals surface area contributed by atoms with E-state index >= 15 is 0 Å². The molecule has 1 fully saturated rings. The highest BCUT2D eigenvalue weighted by Gasteiger charge is 2.51. The molecule has 0 aromatic carbocycles. The molecule has 1 aromatic rings. The van der Waals surface area contributed by atoms with E-state index in [9.17, 15) is 26.7 Å². The summed E-state index contributed by atoms with van der Waals surface area (Å²) >= 11 is 5.19. The molecule has 0 amide bonds. The van der Waals surface area contributed by atoms with E-state index in [2.05, 4.69) is 9.97 Å². The molecule has 1 N–H and O–H groups in total. The first-order valence-electron chi connectivity index (χ1n) is 9.14. The van der Waals surface area contributed by atoms with Crippen molar-refractivity contribution in [2.24, 2.45) is 0 Å². The lowest BCUT2D eigenvalue weighted by Gasteiger charge is -2.39. The summed E-state index contributed by atoms with van der Waals surface area (Å²) in [7, 11) is -3.74. The van der Waals surface area contributed by atoms with Gasteiger partial charge in [0.05, 0.1) is 4.91 Å². The summed E-state index contributed by atoms with van der Waals surface area (Å²) in [5.74, 6) is 0.164. The Morgan fingerprint density at radius 3 is 2.40 bits per heavy atom. The van der Waals surface area contributed by atoms with Crippen LogP contribution in [0.15, 0.2) is 35.5 Å². The number of anilines is 1. The summed E-state index contributed by atoms with van der Waals surface area (Å²) in [6.07, 6.45) is 2.35. The Kier molecular flexibility index (Phi) is 6.07. The molecule has 1 saturated heterocycles. The zero-order chi connectivity index (χ0) is 22.3. The molecule has 0 spiro atoms. The second-order valence-electron chi connectivity index (χ2n) is 7.33. The highest BCUT2D eigenvalue weighted by atomic mass is 32.2. The van der Waals surface area contributed by atoms with Crippen molar-refractivity contribution in [1.29, 1.82) is 0 Å². The van der Waals surface area contributed by atoms with Crippen LogP contribution in [0, 0.1) is 0 Å². The summed E-state index contributed by atoms with van der Waals surface area (Å²) in [6, 6.07) is -0.323. The molecule has 0 unspecified atom stereocenters. The van der Waals surface area contributed by atoms with Gasteiger partial charge in [-0.25, -0.2) is 18.4 Å². The number of hydrogen-bond donors (Lipinski definition) is 1. The third-order valence-corrected chi connectivity index (χ3v) is 7.64. The van der Waals surface area contributed by atoms with Crippen LogP contribution in [0.3, 0.4) is 0 Å². The van der Waals surface area contributed by atoms with Gasteiger partial charge in [-0.15, -0.1) is 0 Å². The monoisotopic (exact) mass is 462 g/mol. The SMILES string of the molecule is C[C@H]1CN(S(=O)(=O)C2=CC=CCC2=S)CCN1c1ncc([C@@](C)(O)C(F)(F)F)cn1. The van der Waals surface area contributed by atoms with Crippen LogP contribution in [0.1, 0.15) is 25.8 Å². The first kappa shape index (κ1) is 22.8. The van der Waals surface area contributed by atoms with E-state index in [0.717, 1.165) is 12.4 Å². The van der Waals surface area contributed by atoms with Gasteiger partial charge >= 0.3 is 6.18 Å². The number of rotatable bonds is 4. The van der Waals surface area contributed by atoms with Gasteiger partial charge in [0.1, 0.15) is 0 Å². The number of alkyl halides is 3.